The Balaban J connectivity index is 0.000000317. The third-order valence-electron chi connectivity index (χ3n) is 6.84. The van der Waals surface area contributed by atoms with E-state index in [2.05, 4.69) is 25.5 Å². The summed E-state index contributed by atoms with van der Waals surface area (Å²) in [7, 11) is 0. The van der Waals surface area contributed by atoms with Gasteiger partial charge in [0.25, 0.3) is 5.95 Å². The zero-order chi connectivity index (χ0) is 32.8. The highest BCUT2D eigenvalue weighted by atomic mass is 19.4. The van der Waals surface area contributed by atoms with Crippen LogP contribution in [0.25, 0.3) is 16.9 Å². The number of halogens is 7. The van der Waals surface area contributed by atoms with E-state index in [0.717, 1.165) is 50.1 Å². The summed E-state index contributed by atoms with van der Waals surface area (Å²) in [4.78, 5) is 24.9. The van der Waals surface area contributed by atoms with Gasteiger partial charge in [-0.1, -0.05) is 26.0 Å². The number of alkyl halides is 6. The quantitative estimate of drug-likeness (QED) is 0.328. The Morgan fingerprint density at radius 1 is 1.09 bits per heavy atom. The van der Waals surface area contributed by atoms with Gasteiger partial charge in [0, 0.05) is 30.9 Å². The number of carbonyl (C=O) groups is 2. The third-order valence-corrected chi connectivity index (χ3v) is 6.84. The van der Waals surface area contributed by atoms with Crippen LogP contribution in [0.1, 0.15) is 50.6 Å². The molecule has 2 saturated heterocycles. The Kier molecular flexibility index (Phi) is 11.3. The molecule has 0 amide bonds. The van der Waals surface area contributed by atoms with E-state index in [1.54, 1.807) is 6.07 Å². The lowest BCUT2D eigenvalue weighted by molar-refractivity contribution is -0.193. The lowest BCUT2D eigenvalue weighted by Gasteiger charge is -2.20. The number of benzene rings is 1. The van der Waals surface area contributed by atoms with Crippen LogP contribution >= 0.6 is 0 Å². The Hall–Kier alpha value is -3.80. The molecule has 3 N–H and O–H groups in total. The predicted molar refractivity (Wildman–Crippen MR) is 140 cm³/mol. The number of nitrogens with one attached hydrogen (secondary N) is 1. The van der Waals surface area contributed by atoms with Crippen LogP contribution in [0.2, 0.25) is 0 Å². The molecule has 0 bridgehead atoms. The summed E-state index contributed by atoms with van der Waals surface area (Å²) in [6.45, 7) is 8.55. The lowest BCUT2D eigenvalue weighted by atomic mass is 10.1. The van der Waals surface area contributed by atoms with Gasteiger partial charge in [-0.25, -0.2) is 14.0 Å². The minimum atomic E-state index is -5.08. The highest BCUT2D eigenvalue weighted by Gasteiger charge is 2.39. The van der Waals surface area contributed by atoms with Crippen molar-refractivity contribution in [1.82, 2.24) is 30.1 Å². The molecule has 4 heterocycles. The van der Waals surface area contributed by atoms with Crippen molar-refractivity contribution in [1.29, 1.82) is 0 Å². The van der Waals surface area contributed by atoms with E-state index in [-0.39, 0.29) is 11.7 Å². The number of aromatic nitrogens is 4. The Labute approximate surface area is 246 Å². The number of likely N-dealkylation sites (tertiary alicyclic amines) is 1. The van der Waals surface area contributed by atoms with Crippen molar-refractivity contribution >= 4 is 22.8 Å². The number of hydrogen-bond donors (Lipinski definition) is 3. The average Bonchev–Trinajstić information content (AvgIpc) is 3.72. The summed E-state index contributed by atoms with van der Waals surface area (Å²) in [6.07, 6.45) is -5.71. The Morgan fingerprint density at radius 3 is 2.27 bits per heavy atom. The van der Waals surface area contributed by atoms with E-state index in [4.69, 9.17) is 24.3 Å². The van der Waals surface area contributed by atoms with E-state index in [1.807, 2.05) is 19.9 Å². The zero-order valence-electron chi connectivity index (χ0n) is 23.6. The van der Waals surface area contributed by atoms with Crippen molar-refractivity contribution in [3.8, 4) is 5.95 Å². The van der Waals surface area contributed by atoms with Crippen molar-refractivity contribution in [2.45, 2.75) is 63.8 Å². The third kappa shape index (κ3) is 9.35. The van der Waals surface area contributed by atoms with Gasteiger partial charge >= 0.3 is 24.3 Å². The van der Waals surface area contributed by atoms with Crippen molar-refractivity contribution in [2.75, 3.05) is 26.2 Å². The summed E-state index contributed by atoms with van der Waals surface area (Å²) >= 11 is 0. The first-order chi connectivity index (χ1) is 20.5. The van der Waals surface area contributed by atoms with Gasteiger partial charge in [-0.05, 0) is 55.4 Å². The van der Waals surface area contributed by atoms with Gasteiger partial charge in [-0.2, -0.15) is 41.1 Å². The summed E-state index contributed by atoms with van der Waals surface area (Å²) in [6, 6.07) is 5.68. The number of fused-ring (bicyclic) bond motifs is 1. The molecule has 0 unspecified atom stereocenters. The molecule has 18 heteroatoms. The molecule has 3 aromatic rings. The standard InChI is InChI=1S/C22H29FN6O.2C2HF3O2/c1-14(2)20-17-6-3-7-18(23)21(17)29(26-20)22-25-19(30-27-22)11-15-8-10-28(12-15)13-16-5-4-9-24-16;2*3-2(4,5)1(6)7/h3,6-7,14-16,24H,4-5,8-13H2,1-2H3;2*(H,6,7)/t15-,16-;;/m1../s1. The minimum absolute atomic E-state index is 0.167. The molecule has 0 saturated carbocycles. The largest absolute Gasteiger partial charge is 0.490 e. The maximum Gasteiger partial charge on any atom is 0.490 e. The van der Waals surface area contributed by atoms with E-state index in [9.17, 15) is 30.7 Å². The highest BCUT2D eigenvalue weighted by molar-refractivity contribution is 5.84. The molecule has 2 aliphatic rings. The van der Waals surface area contributed by atoms with Gasteiger partial charge in [0.2, 0.25) is 5.89 Å². The van der Waals surface area contributed by atoms with E-state index in [1.165, 1.54) is 23.6 Å². The second-order valence-electron chi connectivity index (χ2n) is 10.6. The van der Waals surface area contributed by atoms with Crippen LogP contribution in [0.4, 0.5) is 30.7 Å². The van der Waals surface area contributed by atoms with Gasteiger partial charge < -0.3 is 25.0 Å². The number of nitrogens with zero attached hydrogens (tertiary/aromatic N) is 5. The van der Waals surface area contributed by atoms with Gasteiger partial charge in [0.05, 0.1) is 5.69 Å². The number of para-hydroxylation sites is 1. The Morgan fingerprint density at radius 2 is 1.73 bits per heavy atom. The van der Waals surface area contributed by atoms with Gasteiger partial charge in [-0.15, -0.1) is 0 Å². The first-order valence-electron chi connectivity index (χ1n) is 13.5. The van der Waals surface area contributed by atoms with Crippen molar-refractivity contribution in [3.05, 3.63) is 35.6 Å². The van der Waals surface area contributed by atoms with E-state index < -0.39 is 24.3 Å². The summed E-state index contributed by atoms with van der Waals surface area (Å²) in [5, 5.41) is 27.3. The van der Waals surface area contributed by atoms with Gasteiger partial charge in [0.1, 0.15) is 11.3 Å². The molecule has 0 spiro atoms. The molecule has 2 aromatic heterocycles. The topological polar surface area (TPSA) is 147 Å². The molecule has 244 valence electrons. The first-order valence-corrected chi connectivity index (χ1v) is 13.5. The zero-order valence-corrected chi connectivity index (χ0v) is 23.6. The molecule has 2 atom stereocenters. The minimum Gasteiger partial charge on any atom is -0.475 e. The molecule has 5 rings (SSSR count). The smallest absolute Gasteiger partial charge is 0.475 e. The molecule has 11 nitrogen and oxygen atoms in total. The molecule has 0 radical (unpaired) electrons. The maximum absolute atomic E-state index is 14.6. The summed E-state index contributed by atoms with van der Waals surface area (Å²) in [5.41, 5.74) is 1.24. The van der Waals surface area contributed by atoms with Crippen molar-refractivity contribution in [3.63, 3.8) is 0 Å². The average molecular weight is 641 g/mol. The van der Waals surface area contributed by atoms with Gasteiger partial charge in [0.15, 0.2) is 0 Å². The fourth-order valence-electron chi connectivity index (χ4n) is 4.85. The number of rotatable bonds is 6. The summed E-state index contributed by atoms with van der Waals surface area (Å²) in [5.74, 6) is -4.26. The van der Waals surface area contributed by atoms with Crippen LogP contribution in [0, 0.1) is 11.7 Å². The second-order valence-corrected chi connectivity index (χ2v) is 10.6. The van der Waals surface area contributed by atoms with Crippen LogP contribution in [-0.4, -0.2) is 91.5 Å². The number of aliphatic carboxylic acids is 2. The number of carboxylic acids is 2. The van der Waals surface area contributed by atoms with Crippen LogP contribution in [0.5, 0.6) is 0 Å². The van der Waals surface area contributed by atoms with Crippen molar-refractivity contribution in [2.24, 2.45) is 5.92 Å². The molecule has 44 heavy (non-hydrogen) atoms. The monoisotopic (exact) mass is 640 g/mol. The lowest BCUT2D eigenvalue weighted by Crippen LogP contribution is -2.36. The van der Waals surface area contributed by atoms with E-state index >= 15 is 0 Å². The van der Waals surface area contributed by atoms with Crippen molar-refractivity contribution < 1.29 is 55.1 Å². The highest BCUT2D eigenvalue weighted by Crippen LogP contribution is 2.29. The molecule has 2 fully saturated rings. The molecule has 1 aromatic carbocycles. The molecular formula is C26H31F7N6O5. The number of hydrogen-bond acceptors (Lipinski definition) is 8. The Bertz CT molecular complexity index is 1390. The SMILES string of the molecule is CC(C)c1nn(-c2noc(C[C@H]3CCN(C[C@H]4CCCN4)C3)n2)c2c(F)cccc12.O=C(O)C(F)(F)F.O=C(O)C(F)(F)F. The van der Waals surface area contributed by atoms with Crippen LogP contribution in [-0.2, 0) is 16.0 Å². The van der Waals surface area contributed by atoms with Gasteiger partial charge in [-0.3, -0.25) is 0 Å². The summed E-state index contributed by atoms with van der Waals surface area (Å²) < 4.78 is 85.1. The fourth-order valence-corrected chi connectivity index (χ4v) is 4.85. The molecule has 2 aliphatic heterocycles. The van der Waals surface area contributed by atoms with Crippen LogP contribution in [0.3, 0.4) is 0 Å². The van der Waals surface area contributed by atoms with Crippen LogP contribution in [0.15, 0.2) is 22.7 Å². The number of carboxylic acid groups (broad SMARTS) is 2. The maximum atomic E-state index is 14.6. The second kappa shape index (κ2) is 14.3. The predicted octanol–water partition coefficient (Wildman–Crippen LogP) is 4.55. The van der Waals surface area contributed by atoms with E-state index in [0.29, 0.717) is 29.3 Å². The first kappa shape index (κ1) is 34.7. The fraction of sp³-hybridized carbons (Fsp3) is 0.577. The van der Waals surface area contributed by atoms with Crippen LogP contribution < -0.4 is 5.32 Å². The molecule has 0 aliphatic carbocycles. The normalized spacial score (nSPS) is 19.0. The molecular weight excluding hydrogens is 609 g/mol.